The summed E-state index contributed by atoms with van der Waals surface area (Å²) >= 11 is 5.73. The van der Waals surface area contributed by atoms with E-state index in [-0.39, 0.29) is 18.1 Å². The second-order valence-electron chi connectivity index (χ2n) is 6.81. The number of carbonyl (C=O) groups is 1. The summed E-state index contributed by atoms with van der Waals surface area (Å²) in [5, 5.41) is 2.90. The lowest BCUT2D eigenvalue weighted by Crippen LogP contribution is -2.49. The summed E-state index contributed by atoms with van der Waals surface area (Å²) in [6.07, 6.45) is 0. The Labute approximate surface area is 175 Å². The maximum absolute atomic E-state index is 13.8. The van der Waals surface area contributed by atoms with Gasteiger partial charge in [-0.2, -0.15) is 0 Å². The van der Waals surface area contributed by atoms with Crippen LogP contribution in [0.4, 0.5) is 10.1 Å². The first kappa shape index (κ1) is 21.4. The molecular formula is C21H25ClFN3O3. The quantitative estimate of drug-likeness (QED) is 0.709. The van der Waals surface area contributed by atoms with Crippen LogP contribution in [0, 0.1) is 5.82 Å². The predicted molar refractivity (Wildman–Crippen MR) is 111 cm³/mol. The zero-order valence-corrected chi connectivity index (χ0v) is 17.1. The molecule has 2 aromatic carbocycles. The molecule has 0 bridgehead atoms. The van der Waals surface area contributed by atoms with Crippen molar-refractivity contribution >= 4 is 23.2 Å². The Morgan fingerprint density at radius 3 is 2.38 bits per heavy atom. The average molecular weight is 422 g/mol. The summed E-state index contributed by atoms with van der Waals surface area (Å²) in [6.45, 7) is 4.92. The fraction of sp³-hybridized carbons (Fsp3) is 0.381. The number of nitrogens with one attached hydrogen (secondary N) is 1. The zero-order chi connectivity index (χ0) is 20.6. The van der Waals surface area contributed by atoms with E-state index in [1.165, 1.54) is 12.1 Å². The van der Waals surface area contributed by atoms with Crippen molar-refractivity contribution in [2.45, 2.75) is 0 Å². The molecule has 1 fully saturated rings. The molecule has 3 rings (SSSR count). The van der Waals surface area contributed by atoms with E-state index in [0.29, 0.717) is 11.6 Å². The molecule has 0 aromatic heterocycles. The molecule has 1 heterocycles. The average Bonchev–Trinajstić information content (AvgIpc) is 2.72. The van der Waals surface area contributed by atoms with Crippen LogP contribution in [0.25, 0.3) is 0 Å². The molecule has 2 aromatic rings. The van der Waals surface area contributed by atoms with Crippen LogP contribution in [-0.4, -0.2) is 68.7 Å². The number of amides is 1. The van der Waals surface area contributed by atoms with Gasteiger partial charge in [0, 0.05) is 37.7 Å². The lowest BCUT2D eigenvalue weighted by Gasteiger charge is -2.34. The maximum Gasteiger partial charge on any atom is 0.238 e. The molecule has 1 amide bonds. The summed E-state index contributed by atoms with van der Waals surface area (Å²) < 4.78 is 24.7. The SMILES string of the molecule is COc1ccc(OCCN2CCN(CC(=O)Nc3ccc(Cl)cc3F)CC2)cc1. The van der Waals surface area contributed by atoms with Crippen LogP contribution >= 0.6 is 11.6 Å². The molecule has 0 radical (unpaired) electrons. The number of rotatable bonds is 8. The number of ether oxygens (including phenoxy) is 2. The van der Waals surface area contributed by atoms with Gasteiger partial charge >= 0.3 is 0 Å². The van der Waals surface area contributed by atoms with Gasteiger partial charge in [0.15, 0.2) is 0 Å². The molecule has 1 aliphatic heterocycles. The Morgan fingerprint density at radius 2 is 1.72 bits per heavy atom. The largest absolute Gasteiger partial charge is 0.497 e. The fourth-order valence-electron chi connectivity index (χ4n) is 3.12. The van der Waals surface area contributed by atoms with Gasteiger partial charge < -0.3 is 14.8 Å². The molecule has 1 aliphatic rings. The minimum atomic E-state index is -0.535. The molecule has 29 heavy (non-hydrogen) atoms. The Balaban J connectivity index is 1.34. The van der Waals surface area contributed by atoms with E-state index in [4.69, 9.17) is 21.1 Å². The van der Waals surface area contributed by atoms with E-state index in [1.54, 1.807) is 13.2 Å². The van der Waals surface area contributed by atoms with Gasteiger partial charge in [-0.25, -0.2) is 4.39 Å². The number of nitrogens with zero attached hydrogens (tertiary/aromatic N) is 2. The van der Waals surface area contributed by atoms with E-state index >= 15 is 0 Å². The molecular weight excluding hydrogens is 397 g/mol. The third-order valence-corrected chi connectivity index (χ3v) is 5.01. The van der Waals surface area contributed by atoms with Gasteiger partial charge in [0.05, 0.1) is 19.3 Å². The van der Waals surface area contributed by atoms with Gasteiger partial charge in [0.25, 0.3) is 0 Å². The number of methoxy groups -OCH3 is 1. The van der Waals surface area contributed by atoms with Crippen LogP contribution in [0.1, 0.15) is 0 Å². The summed E-state index contributed by atoms with van der Waals surface area (Å²) in [6, 6.07) is 11.7. The van der Waals surface area contributed by atoms with Crippen LogP contribution in [0.15, 0.2) is 42.5 Å². The van der Waals surface area contributed by atoms with Crippen molar-refractivity contribution in [1.82, 2.24) is 9.80 Å². The molecule has 1 saturated heterocycles. The van der Waals surface area contributed by atoms with E-state index in [2.05, 4.69) is 15.1 Å². The minimum Gasteiger partial charge on any atom is -0.497 e. The third kappa shape index (κ3) is 6.59. The normalized spacial score (nSPS) is 15.1. The number of hydrogen-bond acceptors (Lipinski definition) is 5. The molecule has 0 spiro atoms. The first-order valence-corrected chi connectivity index (χ1v) is 9.88. The second kappa shape index (κ2) is 10.4. The Morgan fingerprint density at radius 1 is 1.07 bits per heavy atom. The van der Waals surface area contributed by atoms with Crippen LogP contribution in [-0.2, 0) is 4.79 Å². The summed E-state index contributed by atoms with van der Waals surface area (Å²) in [4.78, 5) is 16.5. The van der Waals surface area contributed by atoms with E-state index < -0.39 is 5.82 Å². The van der Waals surface area contributed by atoms with E-state index in [9.17, 15) is 9.18 Å². The smallest absolute Gasteiger partial charge is 0.238 e. The van der Waals surface area contributed by atoms with Crippen molar-refractivity contribution in [3.8, 4) is 11.5 Å². The van der Waals surface area contributed by atoms with Gasteiger partial charge in [0.2, 0.25) is 5.91 Å². The predicted octanol–water partition coefficient (Wildman–Crippen LogP) is 3.12. The van der Waals surface area contributed by atoms with Crippen LogP contribution in [0.5, 0.6) is 11.5 Å². The number of hydrogen-bond donors (Lipinski definition) is 1. The second-order valence-corrected chi connectivity index (χ2v) is 7.25. The van der Waals surface area contributed by atoms with Crippen LogP contribution in [0.3, 0.4) is 0 Å². The molecule has 0 aliphatic carbocycles. The van der Waals surface area contributed by atoms with Gasteiger partial charge in [-0.05, 0) is 42.5 Å². The van der Waals surface area contributed by atoms with Crippen molar-refractivity contribution in [1.29, 1.82) is 0 Å². The lowest BCUT2D eigenvalue weighted by atomic mass is 10.3. The van der Waals surface area contributed by atoms with E-state index in [0.717, 1.165) is 44.2 Å². The maximum atomic E-state index is 13.8. The third-order valence-electron chi connectivity index (χ3n) is 4.77. The Hall–Kier alpha value is -2.35. The van der Waals surface area contributed by atoms with Gasteiger partial charge in [0.1, 0.15) is 23.9 Å². The van der Waals surface area contributed by atoms with Gasteiger partial charge in [-0.1, -0.05) is 11.6 Å². The Bertz CT molecular complexity index is 811. The molecule has 0 unspecified atom stereocenters. The van der Waals surface area contributed by atoms with Crippen molar-refractivity contribution in [3.05, 3.63) is 53.3 Å². The molecule has 1 N–H and O–H groups in total. The Kier molecular flexibility index (Phi) is 7.69. The highest BCUT2D eigenvalue weighted by atomic mass is 35.5. The number of piperazine rings is 1. The number of anilines is 1. The van der Waals surface area contributed by atoms with Crippen molar-refractivity contribution < 1.29 is 18.7 Å². The highest BCUT2D eigenvalue weighted by molar-refractivity contribution is 6.30. The molecule has 8 heteroatoms. The summed E-state index contributed by atoms with van der Waals surface area (Å²) in [5.41, 5.74) is 0.147. The highest BCUT2D eigenvalue weighted by Gasteiger charge is 2.19. The van der Waals surface area contributed by atoms with Crippen molar-refractivity contribution in [2.75, 3.05) is 58.3 Å². The molecule has 6 nitrogen and oxygen atoms in total. The molecule has 0 atom stereocenters. The number of benzene rings is 2. The van der Waals surface area contributed by atoms with Crippen molar-refractivity contribution in [2.24, 2.45) is 0 Å². The summed E-state index contributed by atoms with van der Waals surface area (Å²) in [7, 11) is 1.63. The van der Waals surface area contributed by atoms with Crippen LogP contribution in [0.2, 0.25) is 5.02 Å². The highest BCUT2D eigenvalue weighted by Crippen LogP contribution is 2.19. The first-order chi connectivity index (χ1) is 14.0. The monoisotopic (exact) mass is 421 g/mol. The lowest BCUT2D eigenvalue weighted by molar-refractivity contribution is -0.117. The standard InChI is InChI=1S/C21H25ClFN3O3/c1-28-17-3-5-18(6-4-17)29-13-12-25-8-10-26(11-9-25)15-21(27)24-20-7-2-16(22)14-19(20)23/h2-7,14H,8-13,15H2,1H3,(H,24,27). The topological polar surface area (TPSA) is 54.0 Å². The molecule has 0 saturated carbocycles. The molecule has 156 valence electrons. The van der Waals surface area contributed by atoms with Gasteiger partial charge in [-0.15, -0.1) is 0 Å². The summed E-state index contributed by atoms with van der Waals surface area (Å²) in [5.74, 6) is 0.849. The van der Waals surface area contributed by atoms with Gasteiger partial charge in [-0.3, -0.25) is 14.6 Å². The van der Waals surface area contributed by atoms with E-state index in [1.807, 2.05) is 24.3 Å². The van der Waals surface area contributed by atoms with Crippen molar-refractivity contribution in [3.63, 3.8) is 0 Å². The van der Waals surface area contributed by atoms with Crippen LogP contribution < -0.4 is 14.8 Å². The minimum absolute atomic E-state index is 0.147. The first-order valence-electron chi connectivity index (χ1n) is 9.50. The number of carbonyl (C=O) groups excluding carboxylic acids is 1. The zero-order valence-electron chi connectivity index (χ0n) is 16.4. The number of halogens is 2. The fourth-order valence-corrected chi connectivity index (χ4v) is 3.28.